The number of benzene rings is 1. The minimum Gasteiger partial charge on any atom is -0.492 e. The summed E-state index contributed by atoms with van der Waals surface area (Å²) in [5, 5.41) is 9.78. The van der Waals surface area contributed by atoms with Gasteiger partial charge in [0.05, 0.1) is 13.1 Å². The molecule has 0 unspecified atom stereocenters. The molecule has 2 rings (SSSR count). The lowest BCUT2D eigenvalue weighted by Gasteiger charge is -2.32. The molecule has 0 aliphatic carbocycles. The Kier molecular flexibility index (Phi) is 10.1. The molecule has 0 aromatic heterocycles. The number of hydrogen-bond donors (Lipinski definition) is 3. The van der Waals surface area contributed by atoms with Gasteiger partial charge in [-0.15, -0.1) is 0 Å². The van der Waals surface area contributed by atoms with Crippen LogP contribution in [0, 0.1) is 0 Å². The molecule has 1 aromatic rings. The third-order valence-electron chi connectivity index (χ3n) is 5.45. The number of amides is 1. The van der Waals surface area contributed by atoms with Gasteiger partial charge in [0.1, 0.15) is 12.4 Å². The number of hydrogen-bond acceptors (Lipinski definition) is 4. The second-order valence-electron chi connectivity index (χ2n) is 9.17. The van der Waals surface area contributed by atoms with Gasteiger partial charge in [-0.3, -0.25) is 14.7 Å². The molecule has 0 atom stereocenters. The van der Waals surface area contributed by atoms with Crippen LogP contribution in [-0.4, -0.2) is 69.2 Å². The van der Waals surface area contributed by atoms with E-state index in [1.807, 2.05) is 12.1 Å². The molecule has 0 bridgehead atoms. The summed E-state index contributed by atoms with van der Waals surface area (Å²) in [5.74, 6) is 1.82. The zero-order valence-corrected chi connectivity index (χ0v) is 20.0. The number of aliphatic imine (C=N–C) groups is 1. The highest BCUT2D eigenvalue weighted by molar-refractivity contribution is 5.80. The zero-order chi connectivity index (χ0) is 22.7. The van der Waals surface area contributed by atoms with Gasteiger partial charge in [-0.25, -0.2) is 0 Å². The van der Waals surface area contributed by atoms with E-state index in [2.05, 4.69) is 65.7 Å². The van der Waals surface area contributed by atoms with Gasteiger partial charge >= 0.3 is 0 Å². The first-order chi connectivity index (χ1) is 14.8. The van der Waals surface area contributed by atoms with Crippen molar-refractivity contribution in [2.75, 3.05) is 46.4 Å². The van der Waals surface area contributed by atoms with Crippen LogP contribution in [0.25, 0.3) is 0 Å². The summed E-state index contributed by atoms with van der Waals surface area (Å²) >= 11 is 0. The van der Waals surface area contributed by atoms with Gasteiger partial charge in [0.15, 0.2) is 5.96 Å². The van der Waals surface area contributed by atoms with Crippen molar-refractivity contribution in [1.29, 1.82) is 0 Å². The summed E-state index contributed by atoms with van der Waals surface area (Å²) in [4.78, 5) is 18.4. The Balaban J connectivity index is 1.66. The van der Waals surface area contributed by atoms with Gasteiger partial charge in [0.25, 0.3) is 0 Å². The van der Waals surface area contributed by atoms with Gasteiger partial charge in [0, 0.05) is 32.7 Å². The van der Waals surface area contributed by atoms with Crippen LogP contribution in [0.5, 0.6) is 5.75 Å². The Morgan fingerprint density at radius 1 is 1.19 bits per heavy atom. The summed E-state index contributed by atoms with van der Waals surface area (Å²) in [6.07, 6.45) is 2.97. The third kappa shape index (κ3) is 9.17. The second kappa shape index (κ2) is 12.5. The highest BCUT2D eigenvalue weighted by Crippen LogP contribution is 2.25. The predicted molar refractivity (Wildman–Crippen MR) is 128 cm³/mol. The number of piperidine rings is 1. The maximum absolute atomic E-state index is 11.9. The van der Waals surface area contributed by atoms with E-state index in [0.717, 1.165) is 50.6 Å². The van der Waals surface area contributed by atoms with Crippen LogP contribution in [0.4, 0.5) is 0 Å². The van der Waals surface area contributed by atoms with Crippen molar-refractivity contribution in [3.63, 3.8) is 0 Å². The first kappa shape index (κ1) is 25.0. The largest absolute Gasteiger partial charge is 0.492 e. The van der Waals surface area contributed by atoms with E-state index in [9.17, 15) is 4.79 Å². The molecule has 1 heterocycles. The van der Waals surface area contributed by atoms with E-state index in [1.54, 1.807) is 7.05 Å². The lowest BCUT2D eigenvalue weighted by atomic mass is 9.87. The lowest BCUT2D eigenvalue weighted by molar-refractivity contribution is -0.122. The van der Waals surface area contributed by atoms with E-state index < -0.39 is 0 Å². The Morgan fingerprint density at radius 3 is 2.58 bits per heavy atom. The molecule has 3 N–H and O–H groups in total. The Morgan fingerprint density at radius 2 is 1.94 bits per heavy atom. The molecule has 7 nitrogen and oxygen atoms in total. The molecule has 1 aliphatic heterocycles. The molecule has 1 aliphatic rings. The zero-order valence-electron chi connectivity index (χ0n) is 20.0. The lowest BCUT2D eigenvalue weighted by Crippen LogP contribution is -2.50. The van der Waals surface area contributed by atoms with Crippen LogP contribution < -0.4 is 20.7 Å². The third-order valence-corrected chi connectivity index (χ3v) is 5.45. The quantitative estimate of drug-likeness (QED) is 0.318. The van der Waals surface area contributed by atoms with Gasteiger partial charge in [-0.2, -0.15) is 0 Å². The number of nitrogens with one attached hydrogen (secondary N) is 3. The van der Waals surface area contributed by atoms with Crippen LogP contribution in [0.2, 0.25) is 0 Å². The average molecular weight is 432 g/mol. The summed E-state index contributed by atoms with van der Waals surface area (Å²) in [6, 6.07) is 8.66. The number of guanidine groups is 1. The fourth-order valence-electron chi connectivity index (χ4n) is 3.54. The molecule has 1 amide bonds. The number of ether oxygens (including phenoxy) is 1. The minimum atomic E-state index is 0.110. The van der Waals surface area contributed by atoms with E-state index in [0.29, 0.717) is 25.7 Å². The summed E-state index contributed by atoms with van der Waals surface area (Å²) in [7, 11) is 1.79. The SMILES string of the molecule is CCCNC(=O)CN1CCC(NC(=NC)NCCOc2cccc(C(C)(C)C)c2)CC1. The fraction of sp³-hybridized carbons (Fsp3) is 0.667. The summed E-state index contributed by atoms with van der Waals surface area (Å²) in [5.41, 5.74) is 1.38. The molecule has 1 fully saturated rings. The van der Waals surface area contributed by atoms with E-state index >= 15 is 0 Å². The van der Waals surface area contributed by atoms with Gasteiger partial charge < -0.3 is 20.7 Å². The van der Waals surface area contributed by atoms with Crippen LogP contribution in [0.15, 0.2) is 29.3 Å². The van der Waals surface area contributed by atoms with E-state index in [4.69, 9.17) is 4.74 Å². The normalized spacial score (nSPS) is 16.1. The fourth-order valence-corrected chi connectivity index (χ4v) is 3.54. The van der Waals surface area contributed by atoms with Crippen molar-refractivity contribution < 1.29 is 9.53 Å². The molecule has 1 aromatic carbocycles. The highest BCUT2D eigenvalue weighted by atomic mass is 16.5. The first-order valence-electron chi connectivity index (χ1n) is 11.5. The number of carbonyl (C=O) groups excluding carboxylic acids is 1. The van der Waals surface area contributed by atoms with Crippen molar-refractivity contribution in [1.82, 2.24) is 20.9 Å². The number of likely N-dealkylation sites (tertiary alicyclic amines) is 1. The highest BCUT2D eigenvalue weighted by Gasteiger charge is 2.21. The molecule has 0 saturated carbocycles. The molecular formula is C24H41N5O2. The summed E-state index contributed by atoms with van der Waals surface area (Å²) < 4.78 is 5.92. The van der Waals surface area contributed by atoms with Crippen LogP contribution in [-0.2, 0) is 10.2 Å². The smallest absolute Gasteiger partial charge is 0.234 e. The van der Waals surface area contributed by atoms with Crippen LogP contribution >= 0.6 is 0 Å². The van der Waals surface area contributed by atoms with Crippen molar-refractivity contribution in [3.8, 4) is 5.75 Å². The minimum absolute atomic E-state index is 0.110. The van der Waals surface area contributed by atoms with E-state index in [-0.39, 0.29) is 11.3 Å². The monoisotopic (exact) mass is 431 g/mol. The second-order valence-corrected chi connectivity index (χ2v) is 9.17. The standard InChI is InChI=1S/C24H41N5O2/c1-6-12-26-22(30)18-29-14-10-20(11-15-29)28-23(25-5)27-13-16-31-21-9-7-8-19(17-21)24(2,3)4/h7-9,17,20H,6,10-16,18H2,1-5H3,(H,26,30)(H2,25,27,28). The average Bonchev–Trinajstić information content (AvgIpc) is 2.75. The Labute approximate surface area is 188 Å². The molecule has 7 heteroatoms. The number of nitrogens with zero attached hydrogens (tertiary/aromatic N) is 2. The van der Waals surface area contributed by atoms with E-state index in [1.165, 1.54) is 5.56 Å². The molecule has 174 valence electrons. The van der Waals surface area contributed by atoms with Crippen molar-refractivity contribution in [3.05, 3.63) is 29.8 Å². The van der Waals surface area contributed by atoms with Gasteiger partial charge in [-0.05, 0) is 42.4 Å². The van der Waals surface area contributed by atoms with Crippen LogP contribution in [0.3, 0.4) is 0 Å². The van der Waals surface area contributed by atoms with Crippen molar-refractivity contribution in [2.45, 2.75) is 58.4 Å². The molecule has 31 heavy (non-hydrogen) atoms. The summed E-state index contributed by atoms with van der Waals surface area (Å²) in [6.45, 7) is 13.0. The Hall–Kier alpha value is -2.28. The maximum Gasteiger partial charge on any atom is 0.234 e. The predicted octanol–water partition coefficient (Wildman–Crippen LogP) is 2.52. The number of rotatable bonds is 9. The molecular weight excluding hydrogens is 390 g/mol. The van der Waals surface area contributed by atoms with Crippen molar-refractivity contribution in [2.24, 2.45) is 4.99 Å². The van der Waals surface area contributed by atoms with Gasteiger partial charge in [-0.1, -0.05) is 39.8 Å². The van der Waals surface area contributed by atoms with Gasteiger partial charge in [0.2, 0.25) is 5.91 Å². The molecule has 1 saturated heterocycles. The molecule has 0 radical (unpaired) electrons. The maximum atomic E-state index is 11.9. The van der Waals surface area contributed by atoms with Crippen LogP contribution in [0.1, 0.15) is 52.5 Å². The van der Waals surface area contributed by atoms with Crippen molar-refractivity contribution >= 4 is 11.9 Å². The Bertz CT molecular complexity index is 706. The topological polar surface area (TPSA) is 78.0 Å². The first-order valence-corrected chi connectivity index (χ1v) is 11.5. The molecule has 0 spiro atoms. The number of carbonyl (C=O) groups is 1.